The molecule has 3 saturated heterocycles. The number of halogens is 2. The second kappa shape index (κ2) is 14.6. The molecule has 6 rings (SSSR count). The van der Waals surface area contributed by atoms with Crippen LogP contribution >= 0.6 is 31.9 Å². The summed E-state index contributed by atoms with van der Waals surface area (Å²) in [7, 11) is 0. The number of carboxylic acid groups (broad SMARTS) is 1. The minimum Gasteiger partial charge on any atom is -0.465 e. The molecule has 0 aliphatic carbocycles. The van der Waals surface area contributed by atoms with Gasteiger partial charge in [0.15, 0.2) is 0 Å². The number of hydrogen-bond acceptors (Lipinski definition) is 5. The Kier molecular flexibility index (Phi) is 10.6. The Morgan fingerprint density at radius 3 is 2.33 bits per heavy atom. The van der Waals surface area contributed by atoms with Crippen molar-refractivity contribution < 1.29 is 19.5 Å². The van der Waals surface area contributed by atoms with E-state index >= 15 is 0 Å². The van der Waals surface area contributed by atoms with E-state index in [1.165, 1.54) is 4.90 Å². The average molecular weight is 761 g/mol. The fraction of sp³-hybridized carbons (Fsp3) is 0.559. The Morgan fingerprint density at radius 1 is 0.957 bits per heavy atom. The van der Waals surface area contributed by atoms with Crippen LogP contribution in [0.3, 0.4) is 0 Å². The topological polar surface area (TPSA) is 108 Å². The summed E-state index contributed by atoms with van der Waals surface area (Å²) in [6.45, 7) is 8.24. The predicted molar refractivity (Wildman–Crippen MR) is 185 cm³/mol. The molecule has 2 aromatic carbocycles. The Bertz CT molecular complexity index is 1420. The number of amides is 4. The molecule has 3 atom stereocenters. The second-order valence-electron chi connectivity index (χ2n) is 13.1. The lowest BCUT2D eigenvalue weighted by atomic mass is 9.82. The number of nitrogens with one attached hydrogen (secondary N) is 2. The summed E-state index contributed by atoms with van der Waals surface area (Å²) in [5.74, 6) is -0.570. The van der Waals surface area contributed by atoms with Gasteiger partial charge in [-0.15, -0.1) is 0 Å². The summed E-state index contributed by atoms with van der Waals surface area (Å²) in [5.41, 5.74) is 3.95. The molecule has 0 radical (unpaired) electrons. The molecular weight excluding hydrogens is 716 g/mol. The predicted octanol–water partition coefficient (Wildman–Crippen LogP) is 5.18. The number of anilines is 1. The molecule has 4 aliphatic rings. The number of rotatable bonds is 6. The number of fused-ring (bicyclic) bond motifs is 1. The van der Waals surface area contributed by atoms with Gasteiger partial charge in [0.25, 0.3) is 0 Å². The zero-order chi connectivity index (χ0) is 32.4. The molecule has 4 amide bonds. The Balaban J connectivity index is 1.26. The van der Waals surface area contributed by atoms with Gasteiger partial charge in [0.05, 0.1) is 5.92 Å². The monoisotopic (exact) mass is 758 g/mol. The zero-order valence-electron chi connectivity index (χ0n) is 26.4. The Morgan fingerprint density at radius 2 is 1.63 bits per heavy atom. The van der Waals surface area contributed by atoms with Gasteiger partial charge in [-0.2, -0.15) is 0 Å². The van der Waals surface area contributed by atoms with Gasteiger partial charge in [0.1, 0.15) is 0 Å². The van der Waals surface area contributed by atoms with E-state index in [0.717, 1.165) is 70.3 Å². The first-order chi connectivity index (χ1) is 22.2. The first kappa shape index (κ1) is 33.2. The smallest absolute Gasteiger partial charge is 0.407 e. The van der Waals surface area contributed by atoms with Crippen molar-refractivity contribution in [3.63, 3.8) is 0 Å². The van der Waals surface area contributed by atoms with Crippen molar-refractivity contribution >= 4 is 55.6 Å². The molecule has 3 fully saturated rings. The quantitative estimate of drug-likeness (QED) is 0.375. The number of urea groups is 1. The largest absolute Gasteiger partial charge is 0.465 e. The third-order valence-corrected chi connectivity index (χ3v) is 12.1. The van der Waals surface area contributed by atoms with Crippen molar-refractivity contribution in [1.82, 2.24) is 24.9 Å². The molecule has 2 aromatic rings. The summed E-state index contributed by atoms with van der Waals surface area (Å²) in [6, 6.07) is 11.5. The number of hydrogen-bond donors (Lipinski definition) is 3. The lowest BCUT2D eigenvalue weighted by Crippen LogP contribution is -2.59. The highest BCUT2D eigenvalue weighted by Gasteiger charge is 2.44. The molecular formula is C34H44Br2N6O4. The van der Waals surface area contributed by atoms with E-state index in [-0.39, 0.29) is 24.5 Å². The summed E-state index contributed by atoms with van der Waals surface area (Å²) in [4.78, 5) is 48.7. The van der Waals surface area contributed by atoms with Crippen molar-refractivity contribution in [3.05, 3.63) is 62.0 Å². The van der Waals surface area contributed by atoms with Crippen LogP contribution in [-0.4, -0.2) is 113 Å². The molecule has 4 heterocycles. The average Bonchev–Trinajstić information content (AvgIpc) is 3.24. The summed E-state index contributed by atoms with van der Waals surface area (Å²) in [6.07, 6.45) is 2.90. The van der Waals surface area contributed by atoms with Crippen molar-refractivity contribution in [1.29, 1.82) is 0 Å². The molecule has 2 unspecified atom stereocenters. The first-order valence-corrected chi connectivity index (χ1v) is 18.1. The van der Waals surface area contributed by atoms with Gasteiger partial charge in [-0.25, -0.2) is 9.59 Å². The van der Waals surface area contributed by atoms with E-state index < -0.39 is 18.1 Å². The summed E-state index contributed by atoms with van der Waals surface area (Å²) < 4.78 is 1.88. The van der Waals surface area contributed by atoms with E-state index in [0.29, 0.717) is 51.4 Å². The lowest BCUT2D eigenvalue weighted by Gasteiger charge is -2.46. The van der Waals surface area contributed by atoms with Gasteiger partial charge < -0.3 is 30.4 Å². The molecule has 3 N–H and O–H groups in total. The van der Waals surface area contributed by atoms with E-state index in [2.05, 4.69) is 47.4 Å². The summed E-state index contributed by atoms with van der Waals surface area (Å²) in [5, 5.41) is 16.9. The fourth-order valence-corrected chi connectivity index (χ4v) is 9.09. The van der Waals surface area contributed by atoms with Crippen LogP contribution in [-0.2, 0) is 17.6 Å². The molecule has 0 saturated carbocycles. The molecule has 12 heteroatoms. The maximum absolute atomic E-state index is 14.6. The highest BCUT2D eigenvalue weighted by Crippen LogP contribution is 2.35. The third-order valence-electron chi connectivity index (χ3n) is 10.5. The molecule has 248 valence electrons. The number of piperidine rings is 2. The van der Waals surface area contributed by atoms with Gasteiger partial charge in [-0.1, -0.05) is 50.1 Å². The van der Waals surface area contributed by atoms with E-state index in [9.17, 15) is 19.5 Å². The van der Waals surface area contributed by atoms with Crippen LogP contribution in [0.25, 0.3) is 0 Å². The summed E-state index contributed by atoms with van der Waals surface area (Å²) >= 11 is 7.35. The number of carbonyl (C=O) groups excluding carboxylic acids is 2. The van der Waals surface area contributed by atoms with Crippen LogP contribution in [0, 0.1) is 12.8 Å². The van der Waals surface area contributed by atoms with Gasteiger partial charge in [0, 0.05) is 85.1 Å². The number of carbonyl (C=O) groups is 3. The second-order valence-corrected chi connectivity index (χ2v) is 14.8. The Hall–Kier alpha value is -2.67. The molecule has 0 spiro atoms. The fourth-order valence-electron chi connectivity index (χ4n) is 7.81. The van der Waals surface area contributed by atoms with Crippen LogP contribution in [0.15, 0.2) is 45.3 Å². The van der Waals surface area contributed by atoms with Crippen LogP contribution < -0.4 is 10.6 Å². The van der Waals surface area contributed by atoms with Gasteiger partial charge in [-0.3, -0.25) is 9.69 Å². The van der Waals surface area contributed by atoms with Crippen LogP contribution in [0.4, 0.5) is 15.3 Å². The zero-order valence-corrected chi connectivity index (χ0v) is 29.6. The van der Waals surface area contributed by atoms with Crippen LogP contribution in [0.1, 0.15) is 42.4 Å². The van der Waals surface area contributed by atoms with E-state index in [1.54, 1.807) is 0 Å². The van der Waals surface area contributed by atoms with E-state index in [1.807, 2.05) is 53.1 Å². The van der Waals surface area contributed by atoms with Crippen molar-refractivity contribution in [2.75, 3.05) is 57.7 Å². The molecule has 4 aliphatic heterocycles. The normalized spacial score (nSPS) is 23.8. The maximum atomic E-state index is 14.6. The molecule has 0 bridgehead atoms. The highest BCUT2D eigenvalue weighted by molar-refractivity contribution is 9.11. The first-order valence-electron chi connectivity index (χ1n) is 16.5. The molecule has 10 nitrogen and oxygen atoms in total. The molecule has 46 heavy (non-hydrogen) atoms. The Labute approximate surface area is 288 Å². The van der Waals surface area contributed by atoms with Gasteiger partial charge >= 0.3 is 12.1 Å². The highest BCUT2D eigenvalue weighted by atomic mass is 79.9. The number of para-hydroxylation sites is 1. The minimum absolute atomic E-state index is 0.0104. The SMILES string of the molecule is Cc1c(Br)cc(CC(C(=O)N2CCC(N3CCNCC3)CC2)[C@H]2CC(N3CCc4ccccc4NC3=O)CCN2C(=O)O)cc1Br. The number of nitrogens with zero attached hydrogens (tertiary/aromatic N) is 4. The van der Waals surface area contributed by atoms with Crippen LogP contribution in [0.2, 0.25) is 0 Å². The number of piperazine rings is 1. The lowest BCUT2D eigenvalue weighted by molar-refractivity contribution is -0.140. The number of likely N-dealkylation sites (tertiary alicyclic amines) is 2. The van der Waals surface area contributed by atoms with Gasteiger partial charge in [-0.05, 0) is 80.3 Å². The van der Waals surface area contributed by atoms with Crippen molar-refractivity contribution in [2.24, 2.45) is 5.92 Å². The van der Waals surface area contributed by atoms with Crippen molar-refractivity contribution in [3.8, 4) is 0 Å². The minimum atomic E-state index is -1.02. The van der Waals surface area contributed by atoms with Crippen LogP contribution in [0.5, 0.6) is 0 Å². The number of benzene rings is 2. The van der Waals surface area contributed by atoms with E-state index in [4.69, 9.17) is 0 Å². The van der Waals surface area contributed by atoms with Gasteiger partial charge in [0.2, 0.25) is 5.91 Å². The standard InChI is InChI=1S/C34H44Br2N6O4/c1-22-28(35)19-23(20-29(22)36)18-27(32(43)40-12-7-25(8-13-40)39-16-10-37-11-17-39)31-21-26(9-15-42(31)34(45)46)41-14-6-24-4-2-3-5-30(24)38-33(41)44/h2-5,19-20,25-27,31,37H,6-18,21H2,1H3,(H,38,44)(H,45,46)/t26?,27?,31-/m1/s1. The molecule has 0 aromatic heterocycles. The maximum Gasteiger partial charge on any atom is 0.407 e. The van der Waals surface area contributed by atoms with Crippen molar-refractivity contribution in [2.45, 2.75) is 63.6 Å². The third kappa shape index (κ3) is 7.24.